The van der Waals surface area contributed by atoms with Gasteiger partial charge in [-0.15, -0.1) is 0 Å². The van der Waals surface area contributed by atoms with E-state index >= 15 is 0 Å². The van der Waals surface area contributed by atoms with Crippen LogP contribution in [-0.2, 0) is 4.74 Å². The van der Waals surface area contributed by atoms with E-state index in [2.05, 4.69) is 19.8 Å². The van der Waals surface area contributed by atoms with Crippen molar-refractivity contribution in [2.45, 2.75) is 24.8 Å². The van der Waals surface area contributed by atoms with Gasteiger partial charge in [-0.1, -0.05) is 0 Å². The van der Waals surface area contributed by atoms with Crippen LogP contribution in [0.2, 0.25) is 0 Å². The summed E-state index contributed by atoms with van der Waals surface area (Å²) in [5.74, 6) is 0.663. The fourth-order valence-corrected chi connectivity index (χ4v) is 3.84. The number of aromatic amines is 1. The summed E-state index contributed by atoms with van der Waals surface area (Å²) in [6, 6.07) is 0.587. The maximum atomic E-state index is 5.41. The van der Waals surface area contributed by atoms with Gasteiger partial charge in [0.15, 0.2) is 0 Å². The standard InChI is InChI=1S/C14H22N4O/c1-2-12-14-13(15-10-16-14)11(1)9-18(12)4-3-17-5-7-19-8-6-17/h10-12H,1-9H2,(H,15,16). The van der Waals surface area contributed by atoms with Crippen molar-refractivity contribution in [2.75, 3.05) is 45.9 Å². The highest BCUT2D eigenvalue weighted by molar-refractivity contribution is 5.27. The van der Waals surface area contributed by atoms with Crippen molar-refractivity contribution in [3.05, 3.63) is 17.7 Å². The second-order valence-corrected chi connectivity index (χ2v) is 5.94. The summed E-state index contributed by atoms with van der Waals surface area (Å²) in [4.78, 5) is 13.1. The summed E-state index contributed by atoms with van der Waals surface area (Å²) in [5.41, 5.74) is 2.74. The Balaban J connectivity index is 1.41. The zero-order chi connectivity index (χ0) is 12.7. The number of nitrogens with zero attached hydrogens (tertiary/aromatic N) is 3. The summed E-state index contributed by atoms with van der Waals surface area (Å²) in [5, 5.41) is 0. The number of fused-ring (bicyclic) bond motifs is 2. The van der Waals surface area contributed by atoms with Crippen LogP contribution >= 0.6 is 0 Å². The smallest absolute Gasteiger partial charge is 0.0925 e. The molecule has 5 heteroatoms. The van der Waals surface area contributed by atoms with E-state index in [1.54, 1.807) is 0 Å². The van der Waals surface area contributed by atoms with Gasteiger partial charge in [-0.05, 0) is 12.8 Å². The summed E-state index contributed by atoms with van der Waals surface area (Å²) < 4.78 is 5.41. The van der Waals surface area contributed by atoms with Crippen molar-refractivity contribution in [2.24, 2.45) is 0 Å². The monoisotopic (exact) mass is 262 g/mol. The number of imidazole rings is 1. The minimum atomic E-state index is 0.587. The van der Waals surface area contributed by atoms with Crippen molar-refractivity contribution in [3.8, 4) is 0 Å². The van der Waals surface area contributed by atoms with Crippen molar-refractivity contribution < 1.29 is 4.74 Å². The van der Waals surface area contributed by atoms with E-state index in [1.807, 2.05) is 6.33 Å². The predicted molar refractivity (Wildman–Crippen MR) is 72.1 cm³/mol. The number of piperidine rings is 1. The van der Waals surface area contributed by atoms with Crippen molar-refractivity contribution in [1.29, 1.82) is 0 Å². The Kier molecular flexibility index (Phi) is 3.06. The summed E-state index contributed by atoms with van der Waals surface area (Å²) >= 11 is 0. The van der Waals surface area contributed by atoms with Gasteiger partial charge in [-0.2, -0.15) is 0 Å². The lowest BCUT2D eigenvalue weighted by Crippen LogP contribution is -2.47. The van der Waals surface area contributed by atoms with Crippen LogP contribution in [0.1, 0.15) is 36.2 Å². The zero-order valence-electron chi connectivity index (χ0n) is 11.3. The molecule has 1 aromatic heterocycles. The molecule has 1 aliphatic carbocycles. The number of ether oxygens (including phenoxy) is 1. The van der Waals surface area contributed by atoms with Gasteiger partial charge >= 0.3 is 0 Å². The third-order valence-corrected chi connectivity index (χ3v) is 4.91. The van der Waals surface area contributed by atoms with Gasteiger partial charge in [0.1, 0.15) is 0 Å². The molecule has 104 valence electrons. The molecule has 2 atom stereocenters. The van der Waals surface area contributed by atoms with Crippen molar-refractivity contribution in [3.63, 3.8) is 0 Å². The molecule has 2 unspecified atom stereocenters. The minimum Gasteiger partial charge on any atom is -0.379 e. The first-order chi connectivity index (χ1) is 9.42. The van der Waals surface area contributed by atoms with E-state index in [4.69, 9.17) is 4.74 Å². The maximum absolute atomic E-state index is 5.41. The van der Waals surface area contributed by atoms with Gasteiger partial charge in [0.05, 0.1) is 37.0 Å². The number of hydrogen-bond donors (Lipinski definition) is 1. The summed E-state index contributed by atoms with van der Waals surface area (Å²) in [6.45, 7) is 7.55. The topological polar surface area (TPSA) is 44.4 Å². The molecule has 0 saturated carbocycles. The molecule has 4 aliphatic rings. The van der Waals surface area contributed by atoms with Gasteiger partial charge in [0, 0.05) is 38.6 Å². The second kappa shape index (κ2) is 4.89. The maximum Gasteiger partial charge on any atom is 0.0925 e. The van der Waals surface area contributed by atoms with Crippen LogP contribution in [0.3, 0.4) is 0 Å². The van der Waals surface area contributed by atoms with E-state index in [9.17, 15) is 0 Å². The third-order valence-electron chi connectivity index (χ3n) is 4.91. The minimum absolute atomic E-state index is 0.587. The highest BCUT2D eigenvalue weighted by Crippen LogP contribution is 2.44. The first-order valence-corrected chi connectivity index (χ1v) is 7.49. The van der Waals surface area contributed by atoms with Gasteiger partial charge in [-0.3, -0.25) is 9.80 Å². The Morgan fingerprint density at radius 1 is 1.26 bits per heavy atom. The Morgan fingerprint density at radius 3 is 3.05 bits per heavy atom. The number of aromatic nitrogens is 2. The van der Waals surface area contributed by atoms with Crippen molar-refractivity contribution in [1.82, 2.24) is 19.8 Å². The van der Waals surface area contributed by atoms with E-state index in [0.29, 0.717) is 12.0 Å². The molecule has 0 aromatic carbocycles. The molecule has 1 aromatic rings. The molecule has 1 N–H and O–H groups in total. The average molecular weight is 262 g/mol. The number of nitrogens with one attached hydrogen (secondary N) is 1. The Labute approximate surface area is 113 Å². The molecule has 0 spiro atoms. The molecule has 5 nitrogen and oxygen atoms in total. The molecule has 2 saturated heterocycles. The number of morpholine rings is 1. The fraction of sp³-hybridized carbons (Fsp3) is 0.786. The third kappa shape index (κ3) is 2.10. The van der Waals surface area contributed by atoms with E-state index in [1.165, 1.54) is 43.9 Å². The first-order valence-electron chi connectivity index (χ1n) is 7.49. The SMILES string of the molecule is c1nc2c([nH]1)C1CCC2CN1CCN1CCOCC1. The lowest BCUT2D eigenvalue weighted by Gasteiger charge is -2.45. The summed E-state index contributed by atoms with van der Waals surface area (Å²) in [6.07, 6.45) is 4.49. The quantitative estimate of drug-likeness (QED) is 0.882. The van der Waals surface area contributed by atoms with Crippen LogP contribution in [0.4, 0.5) is 0 Å². The highest BCUT2D eigenvalue weighted by atomic mass is 16.5. The fourth-order valence-electron chi connectivity index (χ4n) is 3.84. The largest absolute Gasteiger partial charge is 0.379 e. The van der Waals surface area contributed by atoms with Crippen LogP contribution in [0.5, 0.6) is 0 Å². The zero-order valence-corrected chi connectivity index (χ0v) is 11.3. The molecule has 3 aliphatic heterocycles. The van der Waals surface area contributed by atoms with Crippen LogP contribution in [0.15, 0.2) is 6.33 Å². The van der Waals surface area contributed by atoms with Gasteiger partial charge < -0.3 is 9.72 Å². The molecular weight excluding hydrogens is 240 g/mol. The predicted octanol–water partition coefficient (Wildman–Crippen LogP) is 0.976. The van der Waals surface area contributed by atoms with Crippen LogP contribution < -0.4 is 0 Å². The molecule has 0 amide bonds. The molecule has 4 heterocycles. The van der Waals surface area contributed by atoms with Crippen molar-refractivity contribution >= 4 is 0 Å². The van der Waals surface area contributed by atoms with E-state index in [0.717, 1.165) is 26.3 Å². The molecule has 2 fully saturated rings. The average Bonchev–Trinajstić information content (AvgIpc) is 2.98. The molecule has 2 bridgehead atoms. The Hall–Kier alpha value is -0.910. The highest BCUT2D eigenvalue weighted by Gasteiger charge is 2.39. The normalized spacial score (nSPS) is 31.6. The van der Waals surface area contributed by atoms with E-state index in [-0.39, 0.29) is 0 Å². The summed E-state index contributed by atoms with van der Waals surface area (Å²) in [7, 11) is 0. The lowest BCUT2D eigenvalue weighted by atomic mass is 9.80. The Morgan fingerprint density at radius 2 is 2.16 bits per heavy atom. The van der Waals surface area contributed by atoms with Crippen LogP contribution in [-0.4, -0.2) is 65.7 Å². The van der Waals surface area contributed by atoms with Gasteiger partial charge in [-0.25, -0.2) is 4.98 Å². The molecule has 5 rings (SSSR count). The second-order valence-electron chi connectivity index (χ2n) is 5.94. The number of hydrogen-bond acceptors (Lipinski definition) is 4. The lowest BCUT2D eigenvalue weighted by molar-refractivity contribution is 0.0245. The molecule has 0 radical (unpaired) electrons. The van der Waals surface area contributed by atoms with Gasteiger partial charge in [0.25, 0.3) is 0 Å². The number of H-pyrrole nitrogens is 1. The first kappa shape index (κ1) is 11.9. The Bertz CT molecular complexity index is 440. The van der Waals surface area contributed by atoms with Crippen LogP contribution in [0, 0.1) is 0 Å². The van der Waals surface area contributed by atoms with E-state index < -0.39 is 0 Å². The van der Waals surface area contributed by atoms with Crippen LogP contribution in [0.25, 0.3) is 0 Å². The molecular formula is C14H22N4O. The van der Waals surface area contributed by atoms with Gasteiger partial charge in [0.2, 0.25) is 0 Å². The number of rotatable bonds is 3. The molecule has 19 heavy (non-hydrogen) atoms.